The van der Waals surface area contributed by atoms with E-state index in [1.165, 1.54) is 11.1 Å². The zero-order chi connectivity index (χ0) is 15.0. The molecule has 0 radical (unpaired) electrons. The minimum absolute atomic E-state index is 0. The molecule has 3 nitrogen and oxygen atoms in total. The number of halogens is 1. The van der Waals surface area contributed by atoms with E-state index in [1.807, 2.05) is 0 Å². The Bertz CT molecular complexity index is 530. The molecule has 2 aliphatic rings. The van der Waals surface area contributed by atoms with Gasteiger partial charge in [0.15, 0.2) is 0 Å². The molecular weight excluding hydrogens is 296 g/mol. The van der Waals surface area contributed by atoms with E-state index in [0.717, 1.165) is 26.1 Å². The molecule has 2 aliphatic heterocycles. The number of likely N-dealkylation sites (tertiary alicyclic amines) is 1. The molecule has 1 amide bonds. The largest absolute Gasteiger partial charge is 0.339 e. The Hall–Kier alpha value is -1.06. The van der Waals surface area contributed by atoms with E-state index < -0.39 is 0 Å². The van der Waals surface area contributed by atoms with Gasteiger partial charge in [-0.1, -0.05) is 31.2 Å². The lowest BCUT2D eigenvalue weighted by Gasteiger charge is -2.35. The van der Waals surface area contributed by atoms with Gasteiger partial charge in [-0.3, -0.25) is 4.79 Å². The van der Waals surface area contributed by atoms with Crippen molar-refractivity contribution in [1.82, 2.24) is 10.2 Å². The van der Waals surface area contributed by atoms with Gasteiger partial charge in [0.2, 0.25) is 5.91 Å². The number of carbonyl (C=O) groups excluding carboxylic acids is 1. The molecule has 1 N–H and O–H groups in total. The van der Waals surface area contributed by atoms with Crippen molar-refractivity contribution in [2.75, 3.05) is 19.6 Å². The quantitative estimate of drug-likeness (QED) is 0.928. The monoisotopic (exact) mass is 322 g/mol. The van der Waals surface area contributed by atoms with Gasteiger partial charge in [0.05, 0.1) is 0 Å². The first-order valence-electron chi connectivity index (χ1n) is 8.14. The van der Waals surface area contributed by atoms with Gasteiger partial charge in [-0.2, -0.15) is 0 Å². The zero-order valence-electron chi connectivity index (χ0n) is 13.7. The average molecular weight is 323 g/mol. The van der Waals surface area contributed by atoms with Crippen molar-refractivity contribution >= 4 is 18.3 Å². The van der Waals surface area contributed by atoms with E-state index in [9.17, 15) is 4.79 Å². The molecule has 3 unspecified atom stereocenters. The molecule has 2 heterocycles. The number of nitrogens with one attached hydrogen (secondary N) is 1. The summed E-state index contributed by atoms with van der Waals surface area (Å²) in [5.74, 6) is 1.54. The highest BCUT2D eigenvalue weighted by molar-refractivity contribution is 5.85. The number of rotatable bonds is 3. The van der Waals surface area contributed by atoms with Crippen LogP contribution in [0.25, 0.3) is 0 Å². The summed E-state index contributed by atoms with van der Waals surface area (Å²) < 4.78 is 0. The Kier molecular flexibility index (Phi) is 5.51. The van der Waals surface area contributed by atoms with Gasteiger partial charge >= 0.3 is 0 Å². The van der Waals surface area contributed by atoms with Crippen molar-refractivity contribution in [1.29, 1.82) is 0 Å². The number of hydrogen-bond donors (Lipinski definition) is 1. The molecule has 0 saturated carbocycles. The van der Waals surface area contributed by atoms with Crippen LogP contribution in [0.15, 0.2) is 24.3 Å². The molecule has 22 heavy (non-hydrogen) atoms. The third-order valence-corrected chi connectivity index (χ3v) is 5.40. The zero-order valence-corrected chi connectivity index (χ0v) is 14.5. The minimum atomic E-state index is 0. The molecule has 0 aromatic heterocycles. The second-order valence-electron chi connectivity index (χ2n) is 6.84. The number of benzene rings is 1. The summed E-state index contributed by atoms with van der Waals surface area (Å²) in [6, 6.07) is 8.96. The summed E-state index contributed by atoms with van der Waals surface area (Å²) in [7, 11) is 0. The molecular formula is C18H27ClN2O. The lowest BCUT2D eigenvalue weighted by molar-refractivity contribution is -0.138. The van der Waals surface area contributed by atoms with E-state index in [0.29, 0.717) is 23.8 Å². The standard InChI is InChI=1S/C18H26N2O.ClH/c1-12-6-4-5-7-17(12)15-8-13(2)20(11-15)18(21)14(3)16-9-19-10-16;/h4-7,13-16,19H,8-11H2,1-3H3;1H. The van der Waals surface area contributed by atoms with E-state index in [1.54, 1.807) is 0 Å². The van der Waals surface area contributed by atoms with Gasteiger partial charge in [-0.15, -0.1) is 12.4 Å². The fraction of sp³-hybridized carbons (Fsp3) is 0.611. The van der Waals surface area contributed by atoms with Crippen LogP contribution in [-0.4, -0.2) is 36.5 Å². The van der Waals surface area contributed by atoms with Crippen molar-refractivity contribution in [3.63, 3.8) is 0 Å². The molecule has 2 saturated heterocycles. The number of amides is 1. The summed E-state index contributed by atoms with van der Waals surface area (Å²) in [4.78, 5) is 14.9. The Morgan fingerprint density at radius 3 is 2.59 bits per heavy atom. The highest BCUT2D eigenvalue weighted by Gasteiger charge is 2.38. The summed E-state index contributed by atoms with van der Waals surface area (Å²) >= 11 is 0. The Morgan fingerprint density at radius 1 is 1.32 bits per heavy atom. The smallest absolute Gasteiger partial charge is 0.226 e. The lowest BCUT2D eigenvalue weighted by atomic mass is 9.88. The van der Waals surface area contributed by atoms with Gasteiger partial charge < -0.3 is 10.2 Å². The van der Waals surface area contributed by atoms with E-state index in [4.69, 9.17) is 0 Å². The Labute approximate surface area is 139 Å². The first-order chi connectivity index (χ1) is 10.1. The highest BCUT2D eigenvalue weighted by Crippen LogP contribution is 2.34. The second kappa shape index (κ2) is 7.01. The molecule has 0 spiro atoms. The van der Waals surface area contributed by atoms with Crippen LogP contribution in [0.1, 0.15) is 37.3 Å². The lowest BCUT2D eigenvalue weighted by Crippen LogP contribution is -2.51. The maximum absolute atomic E-state index is 12.7. The number of carbonyl (C=O) groups is 1. The molecule has 4 heteroatoms. The van der Waals surface area contributed by atoms with Gasteiger partial charge in [0.25, 0.3) is 0 Å². The van der Waals surface area contributed by atoms with Crippen molar-refractivity contribution in [3.05, 3.63) is 35.4 Å². The highest BCUT2D eigenvalue weighted by atomic mass is 35.5. The maximum Gasteiger partial charge on any atom is 0.226 e. The number of hydrogen-bond acceptors (Lipinski definition) is 2. The van der Waals surface area contributed by atoms with Crippen LogP contribution in [-0.2, 0) is 4.79 Å². The van der Waals surface area contributed by atoms with Crippen LogP contribution in [0.4, 0.5) is 0 Å². The van der Waals surface area contributed by atoms with Gasteiger partial charge in [0, 0.05) is 24.4 Å². The van der Waals surface area contributed by atoms with E-state index >= 15 is 0 Å². The predicted octanol–water partition coefficient (Wildman–Crippen LogP) is 2.98. The Balaban J connectivity index is 0.00000176. The summed E-state index contributed by atoms with van der Waals surface area (Å²) in [6.07, 6.45) is 1.09. The average Bonchev–Trinajstić information content (AvgIpc) is 2.78. The van der Waals surface area contributed by atoms with Crippen molar-refractivity contribution < 1.29 is 4.79 Å². The van der Waals surface area contributed by atoms with Crippen LogP contribution in [0.2, 0.25) is 0 Å². The van der Waals surface area contributed by atoms with E-state index in [2.05, 4.69) is 55.3 Å². The van der Waals surface area contributed by atoms with Crippen molar-refractivity contribution in [3.8, 4) is 0 Å². The van der Waals surface area contributed by atoms with Crippen LogP contribution < -0.4 is 5.32 Å². The van der Waals surface area contributed by atoms with Crippen molar-refractivity contribution in [2.45, 2.75) is 39.2 Å². The molecule has 1 aromatic carbocycles. The molecule has 3 rings (SSSR count). The first kappa shape index (κ1) is 17.3. The van der Waals surface area contributed by atoms with Crippen LogP contribution in [0.3, 0.4) is 0 Å². The van der Waals surface area contributed by atoms with Crippen LogP contribution in [0, 0.1) is 18.8 Å². The normalized spacial score (nSPS) is 26.2. The predicted molar refractivity (Wildman–Crippen MR) is 92.5 cm³/mol. The molecule has 2 fully saturated rings. The first-order valence-corrected chi connectivity index (χ1v) is 8.14. The maximum atomic E-state index is 12.7. The molecule has 122 valence electrons. The van der Waals surface area contributed by atoms with Gasteiger partial charge in [0.1, 0.15) is 0 Å². The second-order valence-corrected chi connectivity index (χ2v) is 6.84. The molecule has 3 atom stereocenters. The summed E-state index contributed by atoms with van der Waals surface area (Å²) in [5, 5.41) is 3.27. The van der Waals surface area contributed by atoms with Gasteiger partial charge in [-0.05, 0) is 50.4 Å². The van der Waals surface area contributed by atoms with E-state index in [-0.39, 0.29) is 18.3 Å². The Morgan fingerprint density at radius 2 is 2.00 bits per heavy atom. The molecule has 0 bridgehead atoms. The fourth-order valence-electron chi connectivity index (χ4n) is 3.74. The van der Waals surface area contributed by atoms with Crippen LogP contribution >= 0.6 is 12.4 Å². The number of nitrogens with zero attached hydrogens (tertiary/aromatic N) is 1. The van der Waals surface area contributed by atoms with Gasteiger partial charge in [-0.25, -0.2) is 0 Å². The SMILES string of the molecule is Cc1ccccc1C1CC(C)N(C(=O)C(C)C2CNC2)C1.Cl. The minimum Gasteiger partial charge on any atom is -0.339 e. The molecule has 0 aliphatic carbocycles. The molecule has 1 aromatic rings. The third kappa shape index (κ3) is 3.16. The topological polar surface area (TPSA) is 32.3 Å². The van der Waals surface area contributed by atoms with Crippen molar-refractivity contribution in [2.24, 2.45) is 11.8 Å². The van der Waals surface area contributed by atoms with Crippen LogP contribution in [0.5, 0.6) is 0 Å². The fourth-order valence-corrected chi connectivity index (χ4v) is 3.74. The number of aryl methyl sites for hydroxylation is 1. The summed E-state index contributed by atoms with van der Waals surface area (Å²) in [5.41, 5.74) is 2.76. The third-order valence-electron chi connectivity index (χ3n) is 5.40. The summed E-state index contributed by atoms with van der Waals surface area (Å²) in [6.45, 7) is 9.35.